The minimum atomic E-state index is -0.147. The molecule has 4 nitrogen and oxygen atoms in total. The predicted molar refractivity (Wildman–Crippen MR) is 75.7 cm³/mol. The summed E-state index contributed by atoms with van der Waals surface area (Å²) in [5.74, 6) is 0.127. The fraction of sp³-hybridized carbons (Fsp3) is 0.467. The average molecular weight is 262 g/mol. The minimum Gasteiger partial charge on any atom is -0.354 e. The summed E-state index contributed by atoms with van der Waals surface area (Å²) in [5.41, 5.74) is 2.11. The number of hydrogen-bond acceptors (Lipinski definition) is 2. The highest BCUT2D eigenvalue weighted by atomic mass is 16.2. The van der Waals surface area contributed by atoms with E-state index in [4.69, 9.17) is 0 Å². The van der Waals surface area contributed by atoms with Crippen molar-refractivity contribution < 1.29 is 9.59 Å². The van der Waals surface area contributed by atoms with Gasteiger partial charge in [-0.05, 0) is 18.4 Å². The van der Waals surface area contributed by atoms with E-state index in [1.165, 1.54) is 0 Å². The molecule has 2 N–H and O–H groups in total. The lowest BCUT2D eigenvalue weighted by Crippen LogP contribution is -2.38. The Hall–Kier alpha value is -1.84. The third-order valence-electron chi connectivity index (χ3n) is 2.64. The van der Waals surface area contributed by atoms with Gasteiger partial charge in [0, 0.05) is 6.54 Å². The Morgan fingerprint density at radius 3 is 2.26 bits per heavy atom. The van der Waals surface area contributed by atoms with Gasteiger partial charge in [-0.15, -0.1) is 0 Å². The van der Waals surface area contributed by atoms with Crippen molar-refractivity contribution in [3.05, 3.63) is 35.4 Å². The van der Waals surface area contributed by atoms with E-state index >= 15 is 0 Å². The summed E-state index contributed by atoms with van der Waals surface area (Å²) < 4.78 is 0. The molecule has 0 saturated heterocycles. The molecule has 0 spiro atoms. The van der Waals surface area contributed by atoms with Gasteiger partial charge < -0.3 is 10.6 Å². The first-order chi connectivity index (χ1) is 8.97. The van der Waals surface area contributed by atoms with Crippen LogP contribution in [0.25, 0.3) is 0 Å². The monoisotopic (exact) mass is 262 g/mol. The van der Waals surface area contributed by atoms with Crippen molar-refractivity contribution in [1.29, 1.82) is 0 Å². The molecule has 104 valence electrons. The smallest absolute Gasteiger partial charge is 0.239 e. The number of amides is 2. The quantitative estimate of drug-likeness (QED) is 0.814. The van der Waals surface area contributed by atoms with E-state index in [0.717, 1.165) is 11.1 Å². The first-order valence-electron chi connectivity index (χ1n) is 6.56. The van der Waals surface area contributed by atoms with Gasteiger partial charge in [-0.2, -0.15) is 0 Å². The van der Waals surface area contributed by atoms with Crippen LogP contribution < -0.4 is 10.6 Å². The van der Waals surface area contributed by atoms with Crippen LogP contribution in [0, 0.1) is 12.8 Å². The van der Waals surface area contributed by atoms with Crippen LogP contribution in [0.5, 0.6) is 0 Å². The maximum atomic E-state index is 11.6. The van der Waals surface area contributed by atoms with E-state index in [-0.39, 0.29) is 18.4 Å². The van der Waals surface area contributed by atoms with Gasteiger partial charge in [0.05, 0.1) is 13.0 Å². The van der Waals surface area contributed by atoms with Gasteiger partial charge >= 0.3 is 0 Å². The van der Waals surface area contributed by atoms with E-state index in [2.05, 4.69) is 10.6 Å². The minimum absolute atomic E-state index is 0.0391. The maximum absolute atomic E-state index is 11.6. The Morgan fingerprint density at radius 2 is 1.68 bits per heavy atom. The molecule has 0 unspecified atom stereocenters. The van der Waals surface area contributed by atoms with Gasteiger partial charge in [0.1, 0.15) is 0 Å². The normalized spacial score (nSPS) is 10.3. The molecule has 1 aromatic carbocycles. The zero-order valence-electron chi connectivity index (χ0n) is 11.8. The molecule has 0 saturated carbocycles. The number of carbonyl (C=O) groups excluding carboxylic acids is 2. The molecule has 0 atom stereocenters. The van der Waals surface area contributed by atoms with Gasteiger partial charge in [0.15, 0.2) is 0 Å². The number of aryl methyl sites for hydroxylation is 1. The van der Waals surface area contributed by atoms with Gasteiger partial charge in [-0.25, -0.2) is 0 Å². The summed E-state index contributed by atoms with van der Waals surface area (Å²) in [4.78, 5) is 23.1. The zero-order valence-corrected chi connectivity index (χ0v) is 11.8. The second kappa shape index (κ2) is 7.56. The zero-order chi connectivity index (χ0) is 14.3. The SMILES string of the molecule is Cc1ccc(CC(=O)NCC(=O)NCC(C)C)cc1. The summed E-state index contributed by atoms with van der Waals surface area (Å²) in [6.07, 6.45) is 0.303. The van der Waals surface area contributed by atoms with E-state index < -0.39 is 0 Å². The van der Waals surface area contributed by atoms with Crippen LogP contribution >= 0.6 is 0 Å². The summed E-state index contributed by atoms with van der Waals surface area (Å²) in [6.45, 7) is 6.72. The van der Waals surface area contributed by atoms with E-state index in [1.54, 1.807) is 0 Å². The molecule has 19 heavy (non-hydrogen) atoms. The average Bonchev–Trinajstić information content (AvgIpc) is 2.36. The highest BCUT2D eigenvalue weighted by molar-refractivity contribution is 5.85. The lowest BCUT2D eigenvalue weighted by molar-refractivity contribution is -0.125. The molecule has 0 aliphatic rings. The molecule has 2 amide bonds. The summed E-state index contributed by atoms with van der Waals surface area (Å²) in [5, 5.41) is 5.37. The lowest BCUT2D eigenvalue weighted by Gasteiger charge is -2.08. The highest BCUT2D eigenvalue weighted by Gasteiger charge is 2.06. The van der Waals surface area contributed by atoms with Crippen LogP contribution in [0.2, 0.25) is 0 Å². The molecule has 0 fully saturated rings. The van der Waals surface area contributed by atoms with Crippen LogP contribution in [0.3, 0.4) is 0 Å². The second-order valence-electron chi connectivity index (χ2n) is 5.14. The standard InChI is InChI=1S/C15H22N2O2/c1-11(2)9-16-15(19)10-17-14(18)8-13-6-4-12(3)5-7-13/h4-7,11H,8-10H2,1-3H3,(H,16,19)(H,17,18). The first-order valence-corrected chi connectivity index (χ1v) is 6.56. The van der Waals surface area contributed by atoms with E-state index in [9.17, 15) is 9.59 Å². The fourth-order valence-corrected chi connectivity index (χ4v) is 1.51. The highest BCUT2D eigenvalue weighted by Crippen LogP contribution is 2.03. The van der Waals surface area contributed by atoms with Crippen LogP contribution in [0.4, 0.5) is 0 Å². The number of rotatable bonds is 6. The topological polar surface area (TPSA) is 58.2 Å². The van der Waals surface area contributed by atoms with Gasteiger partial charge in [-0.3, -0.25) is 9.59 Å². The molecule has 1 rings (SSSR count). The third kappa shape index (κ3) is 6.60. The first kappa shape index (κ1) is 15.2. The molecule has 0 radical (unpaired) electrons. The molecule has 1 aromatic rings. The van der Waals surface area contributed by atoms with Gasteiger partial charge in [0.2, 0.25) is 11.8 Å². The number of nitrogens with one attached hydrogen (secondary N) is 2. The molecule has 0 bridgehead atoms. The second-order valence-corrected chi connectivity index (χ2v) is 5.14. The maximum Gasteiger partial charge on any atom is 0.239 e. The van der Waals surface area contributed by atoms with Crippen molar-refractivity contribution >= 4 is 11.8 Å². The van der Waals surface area contributed by atoms with Crippen LogP contribution in [-0.4, -0.2) is 24.9 Å². The van der Waals surface area contributed by atoms with Gasteiger partial charge in [-0.1, -0.05) is 43.7 Å². The molecule has 0 heterocycles. The molecular weight excluding hydrogens is 240 g/mol. The Kier molecular flexibility index (Phi) is 6.06. The lowest BCUT2D eigenvalue weighted by atomic mass is 10.1. The number of hydrogen-bond donors (Lipinski definition) is 2. The Morgan fingerprint density at radius 1 is 1.05 bits per heavy atom. The molecular formula is C15H22N2O2. The number of carbonyl (C=O) groups is 2. The van der Waals surface area contributed by atoms with Crippen LogP contribution in [0.1, 0.15) is 25.0 Å². The van der Waals surface area contributed by atoms with Gasteiger partial charge in [0.25, 0.3) is 0 Å². The predicted octanol–water partition coefficient (Wildman–Crippen LogP) is 1.43. The van der Waals surface area contributed by atoms with Crippen molar-refractivity contribution in [3.8, 4) is 0 Å². The third-order valence-corrected chi connectivity index (χ3v) is 2.64. The van der Waals surface area contributed by atoms with Crippen molar-refractivity contribution in [3.63, 3.8) is 0 Å². The Labute approximate surface area is 114 Å². The number of benzene rings is 1. The van der Waals surface area contributed by atoms with Crippen molar-refractivity contribution in [1.82, 2.24) is 10.6 Å². The van der Waals surface area contributed by atoms with Crippen molar-refractivity contribution in [2.75, 3.05) is 13.1 Å². The fourth-order valence-electron chi connectivity index (χ4n) is 1.51. The Bertz CT molecular complexity index is 424. The van der Waals surface area contributed by atoms with Crippen LogP contribution in [-0.2, 0) is 16.0 Å². The van der Waals surface area contributed by atoms with E-state index in [0.29, 0.717) is 18.9 Å². The summed E-state index contributed by atoms with van der Waals surface area (Å²) in [6, 6.07) is 7.79. The van der Waals surface area contributed by atoms with Crippen molar-refractivity contribution in [2.45, 2.75) is 27.2 Å². The molecule has 0 aliphatic carbocycles. The largest absolute Gasteiger partial charge is 0.354 e. The molecule has 0 aliphatic heterocycles. The summed E-state index contributed by atoms with van der Waals surface area (Å²) >= 11 is 0. The van der Waals surface area contributed by atoms with Crippen molar-refractivity contribution in [2.24, 2.45) is 5.92 Å². The molecule has 0 aromatic heterocycles. The van der Waals surface area contributed by atoms with E-state index in [1.807, 2.05) is 45.0 Å². The van der Waals surface area contributed by atoms with Crippen LogP contribution in [0.15, 0.2) is 24.3 Å². The summed E-state index contributed by atoms with van der Waals surface area (Å²) in [7, 11) is 0. The Balaban J connectivity index is 2.28. The molecule has 4 heteroatoms.